The standard InChI is InChI=1S/C17H16N2O4/c20-15(21)9-8-14(17(22)23)18-13-7-3-5-11-10-4-1-2-6-12(10)19-16(11)13/h1-7,14,18-19H,8-9H2,(H,20,21)(H,22,23)/t14-/m0/s1. The highest BCUT2D eigenvalue weighted by Gasteiger charge is 2.20. The van der Waals surface area contributed by atoms with Crippen molar-refractivity contribution in [2.45, 2.75) is 18.9 Å². The third-order valence-electron chi connectivity index (χ3n) is 3.82. The summed E-state index contributed by atoms with van der Waals surface area (Å²) < 4.78 is 0. The smallest absolute Gasteiger partial charge is 0.326 e. The summed E-state index contributed by atoms with van der Waals surface area (Å²) in [6.45, 7) is 0. The number of carboxylic acids is 2. The minimum atomic E-state index is -1.07. The number of H-pyrrole nitrogens is 1. The van der Waals surface area contributed by atoms with Crippen LogP contribution in [0.2, 0.25) is 0 Å². The molecule has 118 valence electrons. The molecule has 1 atom stereocenters. The second kappa shape index (κ2) is 6.00. The van der Waals surface area contributed by atoms with Crippen LogP contribution in [0.15, 0.2) is 42.5 Å². The van der Waals surface area contributed by atoms with E-state index in [9.17, 15) is 14.7 Å². The molecule has 0 bridgehead atoms. The van der Waals surface area contributed by atoms with Crippen molar-refractivity contribution in [3.05, 3.63) is 42.5 Å². The van der Waals surface area contributed by atoms with Gasteiger partial charge in [-0.05, 0) is 18.6 Å². The number of fused-ring (bicyclic) bond motifs is 3. The normalized spacial score (nSPS) is 12.3. The van der Waals surface area contributed by atoms with Crippen molar-refractivity contribution in [1.82, 2.24) is 4.98 Å². The van der Waals surface area contributed by atoms with Gasteiger partial charge >= 0.3 is 11.9 Å². The van der Waals surface area contributed by atoms with E-state index in [4.69, 9.17) is 5.11 Å². The maximum Gasteiger partial charge on any atom is 0.326 e. The van der Waals surface area contributed by atoms with E-state index in [0.29, 0.717) is 5.69 Å². The van der Waals surface area contributed by atoms with Crippen molar-refractivity contribution in [1.29, 1.82) is 0 Å². The van der Waals surface area contributed by atoms with Crippen LogP contribution < -0.4 is 5.32 Å². The summed E-state index contributed by atoms with van der Waals surface area (Å²) in [6.07, 6.45) is -0.187. The van der Waals surface area contributed by atoms with Crippen molar-refractivity contribution in [2.24, 2.45) is 0 Å². The third-order valence-corrected chi connectivity index (χ3v) is 3.82. The van der Waals surface area contributed by atoms with Gasteiger partial charge in [0.2, 0.25) is 0 Å². The first-order valence-corrected chi connectivity index (χ1v) is 7.27. The summed E-state index contributed by atoms with van der Waals surface area (Å²) >= 11 is 0. The van der Waals surface area contributed by atoms with E-state index in [1.54, 1.807) is 6.07 Å². The van der Waals surface area contributed by atoms with E-state index in [1.807, 2.05) is 36.4 Å². The van der Waals surface area contributed by atoms with Crippen molar-refractivity contribution in [2.75, 3.05) is 5.32 Å². The molecule has 1 heterocycles. The largest absolute Gasteiger partial charge is 0.481 e. The van der Waals surface area contributed by atoms with Crippen LogP contribution in [-0.4, -0.2) is 33.2 Å². The molecule has 4 N–H and O–H groups in total. The molecule has 23 heavy (non-hydrogen) atoms. The van der Waals surface area contributed by atoms with Crippen LogP contribution in [0.25, 0.3) is 21.8 Å². The quantitative estimate of drug-likeness (QED) is 0.560. The third kappa shape index (κ3) is 2.96. The molecular formula is C17H16N2O4. The van der Waals surface area contributed by atoms with Crippen LogP contribution in [0.1, 0.15) is 12.8 Å². The predicted octanol–water partition coefficient (Wildman–Crippen LogP) is 3.05. The van der Waals surface area contributed by atoms with Gasteiger partial charge in [0.1, 0.15) is 6.04 Å². The van der Waals surface area contributed by atoms with Crippen molar-refractivity contribution >= 4 is 39.4 Å². The summed E-state index contributed by atoms with van der Waals surface area (Å²) in [4.78, 5) is 25.3. The van der Waals surface area contributed by atoms with Crippen LogP contribution in [-0.2, 0) is 9.59 Å². The van der Waals surface area contributed by atoms with Crippen LogP contribution in [0.4, 0.5) is 5.69 Å². The summed E-state index contributed by atoms with van der Waals surface area (Å²) in [5.41, 5.74) is 2.43. The molecule has 6 heteroatoms. The van der Waals surface area contributed by atoms with Gasteiger partial charge in [0, 0.05) is 22.7 Å². The van der Waals surface area contributed by atoms with Gasteiger partial charge in [-0.25, -0.2) is 4.79 Å². The Kier molecular flexibility index (Phi) is 3.89. The van der Waals surface area contributed by atoms with Crippen molar-refractivity contribution < 1.29 is 19.8 Å². The van der Waals surface area contributed by atoms with E-state index in [1.165, 1.54) is 0 Å². The molecule has 3 rings (SSSR count). The van der Waals surface area contributed by atoms with Crippen molar-refractivity contribution in [3.63, 3.8) is 0 Å². The van der Waals surface area contributed by atoms with Gasteiger partial charge in [0.05, 0.1) is 11.2 Å². The molecule has 0 saturated heterocycles. The first-order valence-electron chi connectivity index (χ1n) is 7.27. The number of carbonyl (C=O) groups is 2. The van der Waals surface area contributed by atoms with Crippen LogP contribution in [0, 0.1) is 0 Å². The van der Waals surface area contributed by atoms with E-state index in [-0.39, 0.29) is 12.8 Å². The van der Waals surface area contributed by atoms with Gasteiger partial charge in [-0.1, -0.05) is 30.3 Å². The number of aromatic amines is 1. The zero-order valence-corrected chi connectivity index (χ0v) is 12.2. The summed E-state index contributed by atoms with van der Waals surface area (Å²) in [5, 5.41) is 23.0. The number of aliphatic carboxylic acids is 2. The van der Waals surface area contributed by atoms with Gasteiger partial charge in [0.15, 0.2) is 0 Å². The number of anilines is 1. The number of nitrogens with one attached hydrogen (secondary N) is 2. The maximum absolute atomic E-state index is 11.4. The van der Waals surface area contributed by atoms with Crippen molar-refractivity contribution in [3.8, 4) is 0 Å². The number of benzene rings is 2. The fraction of sp³-hybridized carbons (Fsp3) is 0.176. The Morgan fingerprint density at radius 1 is 1.04 bits per heavy atom. The van der Waals surface area contributed by atoms with Gasteiger partial charge in [-0.15, -0.1) is 0 Å². The Balaban J connectivity index is 1.98. The predicted molar refractivity (Wildman–Crippen MR) is 87.7 cm³/mol. The molecule has 0 fully saturated rings. The lowest BCUT2D eigenvalue weighted by atomic mass is 10.1. The Morgan fingerprint density at radius 2 is 1.78 bits per heavy atom. The number of aromatic nitrogens is 1. The number of hydrogen-bond acceptors (Lipinski definition) is 3. The number of carboxylic acid groups (broad SMARTS) is 2. The van der Waals surface area contributed by atoms with Gasteiger partial charge in [-0.2, -0.15) is 0 Å². The zero-order valence-electron chi connectivity index (χ0n) is 12.2. The molecule has 2 aromatic carbocycles. The lowest BCUT2D eigenvalue weighted by Crippen LogP contribution is -2.30. The van der Waals surface area contributed by atoms with Crippen LogP contribution in [0.5, 0.6) is 0 Å². The van der Waals surface area contributed by atoms with E-state index < -0.39 is 18.0 Å². The molecule has 0 radical (unpaired) electrons. The SMILES string of the molecule is O=C(O)CC[C@H](Nc1cccc2c1[nH]c1ccccc12)C(=O)O. The fourth-order valence-corrected chi connectivity index (χ4v) is 2.71. The Labute approximate surface area is 131 Å². The lowest BCUT2D eigenvalue weighted by molar-refractivity contribution is -0.139. The monoisotopic (exact) mass is 312 g/mol. The second-order valence-electron chi connectivity index (χ2n) is 5.37. The Bertz CT molecular complexity index is 885. The zero-order chi connectivity index (χ0) is 16.4. The maximum atomic E-state index is 11.4. The average molecular weight is 312 g/mol. The number of rotatable bonds is 6. The Hall–Kier alpha value is -3.02. The minimum Gasteiger partial charge on any atom is -0.481 e. The summed E-state index contributed by atoms with van der Waals surface area (Å²) in [6, 6.07) is 12.5. The lowest BCUT2D eigenvalue weighted by Gasteiger charge is -2.15. The molecule has 0 aliphatic carbocycles. The molecule has 0 aliphatic heterocycles. The van der Waals surface area contributed by atoms with Gasteiger partial charge < -0.3 is 20.5 Å². The first-order chi connectivity index (χ1) is 11.1. The molecule has 0 spiro atoms. The molecule has 1 aromatic heterocycles. The van der Waals surface area contributed by atoms with Gasteiger partial charge in [0.25, 0.3) is 0 Å². The average Bonchev–Trinajstić information content (AvgIpc) is 2.90. The number of para-hydroxylation sites is 2. The molecule has 0 aliphatic rings. The minimum absolute atomic E-state index is 0.0152. The highest BCUT2D eigenvalue weighted by Crippen LogP contribution is 2.30. The molecule has 6 nitrogen and oxygen atoms in total. The molecule has 0 saturated carbocycles. The van der Waals surface area contributed by atoms with Crippen LogP contribution in [0.3, 0.4) is 0 Å². The first kappa shape index (κ1) is 14.9. The topological polar surface area (TPSA) is 102 Å². The van der Waals surface area contributed by atoms with E-state index in [2.05, 4.69) is 10.3 Å². The second-order valence-corrected chi connectivity index (χ2v) is 5.37. The van der Waals surface area contributed by atoms with E-state index >= 15 is 0 Å². The van der Waals surface area contributed by atoms with E-state index in [0.717, 1.165) is 21.8 Å². The fourth-order valence-electron chi connectivity index (χ4n) is 2.71. The highest BCUT2D eigenvalue weighted by atomic mass is 16.4. The Morgan fingerprint density at radius 3 is 2.52 bits per heavy atom. The summed E-state index contributed by atoms with van der Waals surface area (Å²) in [5.74, 6) is -2.08. The van der Waals surface area contributed by atoms with Gasteiger partial charge in [-0.3, -0.25) is 4.79 Å². The summed E-state index contributed by atoms with van der Waals surface area (Å²) in [7, 11) is 0. The molecule has 3 aromatic rings. The molecule has 0 unspecified atom stereocenters. The van der Waals surface area contributed by atoms with Crippen LogP contribution >= 0.6 is 0 Å². The highest BCUT2D eigenvalue weighted by molar-refractivity contribution is 6.11. The number of hydrogen-bond donors (Lipinski definition) is 4. The molecule has 0 amide bonds. The molecular weight excluding hydrogens is 296 g/mol.